The van der Waals surface area contributed by atoms with Crippen LogP contribution >= 0.6 is 0 Å². The number of nitrogens with two attached hydrogens (primary N) is 1. The van der Waals surface area contributed by atoms with Crippen LogP contribution in [0.4, 0.5) is 15.8 Å². The summed E-state index contributed by atoms with van der Waals surface area (Å²) in [5.74, 6) is -0.868. The Kier molecular flexibility index (Phi) is 5.43. The van der Waals surface area contributed by atoms with Gasteiger partial charge in [0.1, 0.15) is 5.82 Å². The molecule has 0 spiro atoms. The quantitative estimate of drug-likeness (QED) is 0.791. The van der Waals surface area contributed by atoms with Crippen molar-refractivity contribution in [2.24, 2.45) is 5.73 Å². The maximum absolute atomic E-state index is 12.8. The lowest BCUT2D eigenvalue weighted by molar-refractivity contribution is -0.116. The molecule has 4 N–H and O–H groups in total. The van der Waals surface area contributed by atoms with Gasteiger partial charge in [-0.2, -0.15) is 0 Å². The number of aryl methyl sites for hydroxylation is 1. The highest BCUT2D eigenvalue weighted by Gasteiger charge is 2.08. The zero-order valence-electron chi connectivity index (χ0n) is 12.7. The fourth-order valence-electron chi connectivity index (χ4n) is 2.03. The van der Waals surface area contributed by atoms with Crippen molar-refractivity contribution in [3.05, 3.63) is 59.4 Å². The first-order chi connectivity index (χ1) is 11.0. The summed E-state index contributed by atoms with van der Waals surface area (Å²) in [4.78, 5) is 23.4. The molecule has 0 unspecified atom stereocenters. The maximum Gasteiger partial charge on any atom is 0.238 e. The average Bonchev–Trinajstić information content (AvgIpc) is 2.52. The molecule has 2 amide bonds. The Hall–Kier alpha value is -2.73. The first-order valence-electron chi connectivity index (χ1n) is 7.13. The first kappa shape index (κ1) is 16.6. The molecule has 0 fully saturated rings. The van der Waals surface area contributed by atoms with Gasteiger partial charge >= 0.3 is 0 Å². The monoisotopic (exact) mass is 315 g/mol. The summed E-state index contributed by atoms with van der Waals surface area (Å²) in [6.07, 6.45) is 0.138. The van der Waals surface area contributed by atoms with Crippen LogP contribution in [0, 0.1) is 12.7 Å². The highest BCUT2D eigenvalue weighted by Crippen LogP contribution is 2.20. The molecule has 6 heteroatoms. The molecule has 0 aliphatic rings. The van der Waals surface area contributed by atoms with E-state index < -0.39 is 0 Å². The van der Waals surface area contributed by atoms with Crippen molar-refractivity contribution in [3.8, 4) is 0 Å². The maximum atomic E-state index is 12.8. The van der Waals surface area contributed by atoms with E-state index in [4.69, 9.17) is 5.73 Å². The summed E-state index contributed by atoms with van der Waals surface area (Å²) in [7, 11) is 0. The summed E-state index contributed by atoms with van der Waals surface area (Å²) >= 11 is 0. The number of benzene rings is 2. The zero-order chi connectivity index (χ0) is 16.8. The highest BCUT2D eigenvalue weighted by molar-refractivity contribution is 5.96. The third kappa shape index (κ3) is 4.89. The van der Waals surface area contributed by atoms with Crippen molar-refractivity contribution in [2.75, 3.05) is 17.2 Å². The number of hydrogen-bond donors (Lipinski definition) is 3. The fraction of sp³-hybridized carbons (Fsp3) is 0.176. The van der Waals surface area contributed by atoms with E-state index in [0.717, 1.165) is 5.56 Å². The molecule has 2 aromatic carbocycles. The van der Waals surface area contributed by atoms with Crippen LogP contribution in [0.2, 0.25) is 0 Å². The van der Waals surface area contributed by atoms with Gasteiger partial charge in [0, 0.05) is 11.4 Å². The van der Waals surface area contributed by atoms with Gasteiger partial charge in [0.15, 0.2) is 0 Å². The van der Waals surface area contributed by atoms with Crippen LogP contribution in [-0.2, 0) is 16.0 Å². The van der Waals surface area contributed by atoms with Crippen molar-refractivity contribution in [2.45, 2.75) is 13.3 Å². The molecule has 0 aliphatic heterocycles. The standard InChI is InChI=1S/C17H18FN3O2/c1-11-2-7-14(9-15(11)21-17(23)10-19)20-16(22)8-12-3-5-13(18)6-4-12/h2-7,9H,8,10,19H2,1H3,(H,20,22)(H,21,23). The molecule has 5 nitrogen and oxygen atoms in total. The molecule has 120 valence electrons. The van der Waals surface area contributed by atoms with Gasteiger partial charge in [-0.3, -0.25) is 9.59 Å². The average molecular weight is 315 g/mol. The number of halogens is 1. The molecule has 0 heterocycles. The SMILES string of the molecule is Cc1ccc(NC(=O)Cc2ccc(F)cc2)cc1NC(=O)CN. The van der Waals surface area contributed by atoms with Crippen molar-refractivity contribution < 1.29 is 14.0 Å². The van der Waals surface area contributed by atoms with Crippen LogP contribution < -0.4 is 16.4 Å². The van der Waals surface area contributed by atoms with Crippen LogP contribution in [0.1, 0.15) is 11.1 Å². The lowest BCUT2D eigenvalue weighted by Gasteiger charge is -2.11. The Morgan fingerprint density at radius 3 is 2.39 bits per heavy atom. The molecular formula is C17H18FN3O2. The lowest BCUT2D eigenvalue weighted by atomic mass is 10.1. The van der Waals surface area contributed by atoms with E-state index in [1.807, 2.05) is 6.92 Å². The molecule has 0 bridgehead atoms. The van der Waals surface area contributed by atoms with Gasteiger partial charge in [-0.1, -0.05) is 18.2 Å². The summed E-state index contributed by atoms with van der Waals surface area (Å²) in [5, 5.41) is 5.42. The van der Waals surface area contributed by atoms with Crippen molar-refractivity contribution in [1.29, 1.82) is 0 Å². The minimum absolute atomic E-state index is 0.111. The molecule has 0 aliphatic carbocycles. The molecule has 23 heavy (non-hydrogen) atoms. The largest absolute Gasteiger partial charge is 0.326 e. The van der Waals surface area contributed by atoms with E-state index in [0.29, 0.717) is 16.9 Å². The number of carbonyl (C=O) groups excluding carboxylic acids is 2. The van der Waals surface area contributed by atoms with Crippen LogP contribution in [0.25, 0.3) is 0 Å². The molecule has 0 saturated carbocycles. The van der Waals surface area contributed by atoms with E-state index in [-0.39, 0.29) is 30.6 Å². The normalized spacial score (nSPS) is 10.2. The van der Waals surface area contributed by atoms with E-state index in [1.54, 1.807) is 30.3 Å². The second kappa shape index (κ2) is 7.51. The topological polar surface area (TPSA) is 84.2 Å². The minimum atomic E-state index is -0.340. The Morgan fingerprint density at radius 2 is 1.74 bits per heavy atom. The number of hydrogen-bond acceptors (Lipinski definition) is 3. The molecule has 0 radical (unpaired) electrons. The highest BCUT2D eigenvalue weighted by atomic mass is 19.1. The fourth-order valence-corrected chi connectivity index (χ4v) is 2.03. The van der Waals surface area contributed by atoms with Gasteiger partial charge in [-0.05, 0) is 42.3 Å². The van der Waals surface area contributed by atoms with Crippen LogP contribution in [-0.4, -0.2) is 18.4 Å². The zero-order valence-corrected chi connectivity index (χ0v) is 12.7. The van der Waals surface area contributed by atoms with E-state index >= 15 is 0 Å². The number of rotatable bonds is 5. The lowest BCUT2D eigenvalue weighted by Crippen LogP contribution is -2.22. The molecule has 0 saturated heterocycles. The van der Waals surface area contributed by atoms with Gasteiger partial charge in [-0.25, -0.2) is 4.39 Å². The minimum Gasteiger partial charge on any atom is -0.326 e. The third-order valence-electron chi connectivity index (χ3n) is 3.26. The number of nitrogens with one attached hydrogen (secondary N) is 2. The summed E-state index contributed by atoms with van der Waals surface area (Å²) in [6.45, 7) is 1.73. The van der Waals surface area contributed by atoms with Crippen molar-refractivity contribution in [1.82, 2.24) is 0 Å². The molecular weight excluding hydrogens is 297 g/mol. The van der Waals surface area contributed by atoms with Gasteiger partial charge < -0.3 is 16.4 Å². The van der Waals surface area contributed by atoms with Gasteiger partial charge in [-0.15, -0.1) is 0 Å². The van der Waals surface area contributed by atoms with Gasteiger partial charge in [0.25, 0.3) is 0 Å². The third-order valence-corrected chi connectivity index (χ3v) is 3.26. The Balaban J connectivity index is 2.04. The van der Waals surface area contributed by atoms with Crippen LogP contribution in [0.15, 0.2) is 42.5 Å². The predicted molar refractivity (Wildman–Crippen MR) is 87.6 cm³/mol. The molecule has 2 aromatic rings. The Bertz CT molecular complexity index is 714. The Labute approximate surface area is 133 Å². The first-order valence-corrected chi connectivity index (χ1v) is 7.13. The van der Waals surface area contributed by atoms with Crippen molar-refractivity contribution in [3.63, 3.8) is 0 Å². The van der Waals surface area contributed by atoms with Crippen LogP contribution in [0.3, 0.4) is 0 Å². The summed E-state index contributed by atoms with van der Waals surface area (Å²) in [5.41, 5.74) is 8.02. The number of carbonyl (C=O) groups is 2. The predicted octanol–water partition coefficient (Wildman–Crippen LogP) is 2.21. The number of anilines is 2. The molecule has 2 rings (SSSR count). The second-order valence-corrected chi connectivity index (χ2v) is 5.13. The number of amides is 2. The van der Waals surface area contributed by atoms with Crippen molar-refractivity contribution >= 4 is 23.2 Å². The summed E-state index contributed by atoms with van der Waals surface area (Å²) in [6, 6.07) is 11.0. The second-order valence-electron chi connectivity index (χ2n) is 5.13. The van der Waals surface area contributed by atoms with E-state index in [9.17, 15) is 14.0 Å². The molecule has 0 atom stereocenters. The Morgan fingerprint density at radius 1 is 1.04 bits per heavy atom. The van der Waals surface area contributed by atoms with Gasteiger partial charge in [0.2, 0.25) is 11.8 Å². The van der Waals surface area contributed by atoms with E-state index in [2.05, 4.69) is 10.6 Å². The van der Waals surface area contributed by atoms with E-state index in [1.165, 1.54) is 12.1 Å². The van der Waals surface area contributed by atoms with Gasteiger partial charge in [0.05, 0.1) is 13.0 Å². The smallest absolute Gasteiger partial charge is 0.238 e. The summed E-state index contributed by atoms with van der Waals surface area (Å²) < 4.78 is 12.8. The molecule has 0 aromatic heterocycles. The van der Waals surface area contributed by atoms with Crippen LogP contribution in [0.5, 0.6) is 0 Å².